The Hall–Kier alpha value is -0.350. The Balaban J connectivity index is 2.64. The van der Waals surface area contributed by atoms with Crippen molar-refractivity contribution < 1.29 is 0 Å². The zero-order chi connectivity index (χ0) is 9.03. The zero-order valence-electron chi connectivity index (χ0n) is 7.88. The van der Waals surface area contributed by atoms with Crippen LogP contribution in [0.25, 0.3) is 0 Å². The second-order valence-electron chi connectivity index (χ2n) is 3.67. The first-order chi connectivity index (χ1) is 5.64. The summed E-state index contributed by atoms with van der Waals surface area (Å²) in [5.74, 6) is 0. The Morgan fingerprint density at radius 1 is 1.25 bits per heavy atom. The maximum Gasteiger partial charge on any atom is -0.0141 e. The van der Waals surface area contributed by atoms with Crippen molar-refractivity contribution in [3.8, 4) is 0 Å². The van der Waals surface area contributed by atoms with Crippen LogP contribution in [0, 0.1) is 0 Å². The van der Waals surface area contributed by atoms with Crippen LogP contribution in [0.1, 0.15) is 25.8 Å². The molecule has 0 spiro atoms. The molecule has 0 aliphatic rings. The molecule has 0 radical (unpaired) electrons. The molecule has 1 rings (SSSR count). The molecule has 66 valence electrons. The van der Waals surface area contributed by atoms with Crippen LogP contribution in [0.5, 0.6) is 0 Å². The lowest BCUT2D eigenvalue weighted by Crippen LogP contribution is -2.17. The van der Waals surface area contributed by atoms with Crippen molar-refractivity contribution in [1.82, 2.24) is 0 Å². The Morgan fingerprint density at radius 2 is 1.83 bits per heavy atom. The summed E-state index contributed by atoms with van der Waals surface area (Å²) in [4.78, 5) is 0. The highest BCUT2D eigenvalue weighted by Crippen LogP contribution is 2.26. The van der Waals surface area contributed by atoms with E-state index in [0.29, 0.717) is 5.16 Å². The van der Waals surface area contributed by atoms with Gasteiger partial charge in [0.1, 0.15) is 0 Å². The average molecular weight is 180 g/mol. The predicted molar refractivity (Wildman–Crippen MR) is 58.6 cm³/mol. The van der Waals surface area contributed by atoms with Crippen LogP contribution in [0.4, 0.5) is 0 Å². The highest BCUT2D eigenvalue weighted by molar-refractivity contribution is 7.18. The zero-order valence-corrected chi connectivity index (χ0v) is 9.03. The van der Waals surface area contributed by atoms with Gasteiger partial charge in [-0.3, -0.25) is 0 Å². The second-order valence-corrected chi connectivity index (χ2v) is 5.06. The number of benzene rings is 1. The smallest absolute Gasteiger partial charge is 0.0141 e. The van der Waals surface area contributed by atoms with Crippen molar-refractivity contribution in [3.05, 3.63) is 35.9 Å². The lowest BCUT2D eigenvalue weighted by atomic mass is 9.98. The fourth-order valence-corrected chi connectivity index (χ4v) is 1.42. The summed E-state index contributed by atoms with van der Waals surface area (Å²) >= 11 is 0. The van der Waals surface area contributed by atoms with E-state index < -0.39 is 0 Å². The molecule has 0 amide bonds. The summed E-state index contributed by atoms with van der Waals surface area (Å²) in [6.07, 6.45) is 2.35. The van der Waals surface area contributed by atoms with E-state index in [1.54, 1.807) is 0 Å². The van der Waals surface area contributed by atoms with E-state index in [9.17, 15) is 0 Å². The van der Waals surface area contributed by atoms with E-state index in [0.717, 1.165) is 6.42 Å². The molecule has 0 saturated heterocycles. The summed E-state index contributed by atoms with van der Waals surface area (Å²) < 4.78 is 0. The van der Waals surface area contributed by atoms with Crippen molar-refractivity contribution >= 4 is 9.24 Å². The molecule has 0 bridgehead atoms. The molecule has 1 aromatic rings. The van der Waals surface area contributed by atoms with Gasteiger partial charge in [-0.1, -0.05) is 44.2 Å². The van der Waals surface area contributed by atoms with E-state index in [4.69, 9.17) is 0 Å². The number of hydrogen-bond donors (Lipinski definition) is 0. The summed E-state index contributed by atoms with van der Waals surface area (Å²) in [6.45, 7) is 4.51. The summed E-state index contributed by atoms with van der Waals surface area (Å²) in [7, 11) is 2.94. The van der Waals surface area contributed by atoms with Gasteiger partial charge in [0.15, 0.2) is 0 Å². The number of rotatable bonds is 3. The van der Waals surface area contributed by atoms with Gasteiger partial charge in [-0.05, 0) is 23.6 Å². The molecule has 0 saturated carbocycles. The van der Waals surface area contributed by atoms with Crippen LogP contribution in [0.3, 0.4) is 0 Å². The van der Waals surface area contributed by atoms with Gasteiger partial charge in [-0.25, -0.2) is 0 Å². The minimum Gasteiger partial charge on any atom is -0.131 e. The molecule has 2 atom stereocenters. The largest absolute Gasteiger partial charge is 0.131 e. The molecule has 1 aromatic carbocycles. The van der Waals surface area contributed by atoms with E-state index in [1.807, 2.05) is 0 Å². The van der Waals surface area contributed by atoms with Gasteiger partial charge in [0.2, 0.25) is 0 Å². The third-order valence-corrected chi connectivity index (χ3v) is 2.87. The van der Waals surface area contributed by atoms with Crippen LogP contribution < -0.4 is 0 Å². The Kier molecular flexibility index (Phi) is 3.29. The third-order valence-electron chi connectivity index (χ3n) is 2.26. The first-order valence-corrected chi connectivity index (χ1v) is 5.04. The molecule has 2 unspecified atom stereocenters. The molecule has 0 N–H and O–H groups in total. The van der Waals surface area contributed by atoms with E-state index >= 15 is 0 Å². The van der Waals surface area contributed by atoms with Crippen molar-refractivity contribution in [2.75, 3.05) is 0 Å². The Morgan fingerprint density at radius 3 is 2.33 bits per heavy atom. The van der Waals surface area contributed by atoms with Gasteiger partial charge in [0, 0.05) is 0 Å². The van der Waals surface area contributed by atoms with E-state index in [2.05, 4.69) is 53.4 Å². The molecule has 0 aliphatic heterocycles. The first-order valence-electron chi connectivity index (χ1n) is 4.47. The average Bonchev–Trinajstić information content (AvgIpc) is 2.06. The predicted octanol–water partition coefficient (Wildman–Crippen LogP) is 3.27. The van der Waals surface area contributed by atoms with Gasteiger partial charge in [0.05, 0.1) is 0 Å². The molecule has 0 fully saturated rings. The fraction of sp³-hybridized carbons (Fsp3) is 0.455. The number of hydrogen-bond acceptors (Lipinski definition) is 0. The Bertz CT molecular complexity index is 226. The topological polar surface area (TPSA) is 0 Å². The summed E-state index contributed by atoms with van der Waals surface area (Å²) in [5.41, 5.74) is 1.43. The lowest BCUT2D eigenvalue weighted by Gasteiger charge is -2.22. The van der Waals surface area contributed by atoms with Crippen LogP contribution >= 0.6 is 9.24 Å². The third kappa shape index (κ3) is 2.95. The van der Waals surface area contributed by atoms with Crippen molar-refractivity contribution in [3.63, 3.8) is 0 Å². The highest BCUT2D eigenvalue weighted by Gasteiger charge is 2.15. The first kappa shape index (κ1) is 9.74. The molecule has 0 aromatic heterocycles. The molecule has 0 aliphatic carbocycles. The van der Waals surface area contributed by atoms with Crippen molar-refractivity contribution in [1.29, 1.82) is 0 Å². The molecule has 12 heavy (non-hydrogen) atoms. The SMILES string of the molecule is CCC(C)(P)Cc1ccccc1. The minimum atomic E-state index is 0.362. The van der Waals surface area contributed by atoms with Crippen molar-refractivity contribution in [2.24, 2.45) is 0 Å². The second kappa shape index (κ2) is 4.05. The minimum absolute atomic E-state index is 0.362. The maximum absolute atomic E-state index is 2.94. The fourth-order valence-electron chi connectivity index (χ4n) is 1.19. The Labute approximate surface area is 77.6 Å². The van der Waals surface area contributed by atoms with Gasteiger partial charge in [-0.2, -0.15) is 0 Å². The van der Waals surface area contributed by atoms with Gasteiger partial charge < -0.3 is 0 Å². The van der Waals surface area contributed by atoms with Crippen LogP contribution in [0.2, 0.25) is 0 Å². The van der Waals surface area contributed by atoms with Crippen molar-refractivity contribution in [2.45, 2.75) is 31.8 Å². The van der Waals surface area contributed by atoms with Gasteiger partial charge >= 0.3 is 0 Å². The molecular formula is C11H17P. The van der Waals surface area contributed by atoms with Gasteiger partial charge in [-0.15, -0.1) is 9.24 Å². The monoisotopic (exact) mass is 180 g/mol. The van der Waals surface area contributed by atoms with Crippen LogP contribution in [0.15, 0.2) is 30.3 Å². The van der Waals surface area contributed by atoms with Crippen LogP contribution in [-0.2, 0) is 6.42 Å². The quantitative estimate of drug-likeness (QED) is 0.626. The van der Waals surface area contributed by atoms with E-state index in [1.165, 1.54) is 12.0 Å². The standard InChI is InChI=1S/C11H17P/c1-3-11(2,12)9-10-7-5-4-6-8-10/h4-8H,3,9,12H2,1-2H3. The normalized spacial score (nSPS) is 15.6. The highest BCUT2D eigenvalue weighted by atomic mass is 31.0. The summed E-state index contributed by atoms with van der Waals surface area (Å²) in [5, 5.41) is 0.362. The van der Waals surface area contributed by atoms with Crippen LogP contribution in [-0.4, -0.2) is 5.16 Å². The lowest BCUT2D eigenvalue weighted by molar-refractivity contribution is 0.616. The van der Waals surface area contributed by atoms with Gasteiger partial charge in [0.25, 0.3) is 0 Å². The van der Waals surface area contributed by atoms with E-state index in [-0.39, 0.29) is 0 Å². The molecule has 1 heteroatoms. The molecule has 0 nitrogen and oxygen atoms in total. The molecule has 0 heterocycles. The molecular weight excluding hydrogens is 163 g/mol. The maximum atomic E-state index is 2.94. The summed E-state index contributed by atoms with van der Waals surface area (Å²) in [6, 6.07) is 10.7.